The molecule has 0 aromatic heterocycles. The Kier molecular flexibility index (Phi) is 7.73. The van der Waals surface area contributed by atoms with Crippen LogP contribution < -0.4 is 4.90 Å². The summed E-state index contributed by atoms with van der Waals surface area (Å²) in [5, 5.41) is 0. The van der Waals surface area contributed by atoms with Crippen molar-refractivity contribution in [2.24, 2.45) is 0 Å². The second-order valence-corrected chi connectivity index (χ2v) is 8.32. The van der Waals surface area contributed by atoms with Crippen molar-refractivity contribution in [3.8, 4) is 0 Å². The maximum atomic E-state index is 12.7. The highest BCUT2D eigenvalue weighted by Crippen LogP contribution is 2.21. The van der Waals surface area contributed by atoms with Crippen molar-refractivity contribution in [1.29, 1.82) is 0 Å². The summed E-state index contributed by atoms with van der Waals surface area (Å²) in [5.74, 6) is 0.232. The third-order valence-electron chi connectivity index (χ3n) is 6.13. The van der Waals surface area contributed by atoms with E-state index in [1.165, 1.54) is 36.1 Å². The van der Waals surface area contributed by atoms with Gasteiger partial charge in [0.1, 0.15) is 0 Å². The molecule has 0 atom stereocenters. The van der Waals surface area contributed by atoms with Crippen LogP contribution in [0.1, 0.15) is 51.0 Å². The van der Waals surface area contributed by atoms with E-state index in [2.05, 4.69) is 42.2 Å². The number of aryl methyl sites for hydroxylation is 1. The molecule has 0 saturated carbocycles. The molecule has 1 aromatic rings. The molecule has 1 aliphatic carbocycles. The topological polar surface area (TPSA) is 43.9 Å². The van der Waals surface area contributed by atoms with Crippen molar-refractivity contribution in [1.82, 2.24) is 9.80 Å². The lowest BCUT2D eigenvalue weighted by molar-refractivity contribution is -0.133. The lowest BCUT2D eigenvalue weighted by Gasteiger charge is -2.36. The molecule has 0 unspecified atom stereocenters. The van der Waals surface area contributed by atoms with E-state index in [0.29, 0.717) is 13.0 Å². The first-order valence-electron chi connectivity index (χ1n) is 11.1. The van der Waals surface area contributed by atoms with Crippen molar-refractivity contribution in [2.75, 3.05) is 44.2 Å². The summed E-state index contributed by atoms with van der Waals surface area (Å²) >= 11 is 0. The Morgan fingerprint density at radius 2 is 1.86 bits per heavy atom. The zero-order valence-electron chi connectivity index (χ0n) is 18.0. The molecule has 29 heavy (non-hydrogen) atoms. The number of hydrogen-bond acceptors (Lipinski definition) is 3. The van der Waals surface area contributed by atoms with Gasteiger partial charge in [-0.3, -0.25) is 9.59 Å². The molecule has 1 saturated heterocycles. The Bertz CT molecular complexity index is 735. The Morgan fingerprint density at radius 3 is 2.52 bits per heavy atom. The fraction of sp³-hybridized carbons (Fsp3) is 0.583. The standard InChI is InChI=1S/C24H35N3O2/c1-20-7-6-10-23(19-20)26-15-17-27(18-16-26)24(29)12-14-25(21(2)28)13-11-22-8-4-3-5-9-22/h6-8,10,19H,3-5,9,11-18H2,1-2H3. The Hall–Kier alpha value is -2.30. The molecule has 1 aliphatic heterocycles. The quantitative estimate of drug-likeness (QED) is 0.658. The smallest absolute Gasteiger partial charge is 0.224 e. The number of piperazine rings is 1. The molecule has 5 nitrogen and oxygen atoms in total. The Morgan fingerprint density at radius 1 is 1.07 bits per heavy atom. The molecular formula is C24H35N3O2. The first kappa shape index (κ1) is 21.4. The predicted octanol–water partition coefficient (Wildman–Crippen LogP) is 3.77. The molecule has 0 bridgehead atoms. The number of allylic oxidation sites excluding steroid dienone is 1. The zero-order chi connectivity index (χ0) is 20.6. The molecule has 0 spiro atoms. The minimum Gasteiger partial charge on any atom is -0.368 e. The second kappa shape index (κ2) is 10.5. The van der Waals surface area contributed by atoms with Crippen LogP contribution in [0.4, 0.5) is 5.69 Å². The van der Waals surface area contributed by atoms with E-state index in [-0.39, 0.29) is 11.8 Å². The van der Waals surface area contributed by atoms with Crippen molar-refractivity contribution in [2.45, 2.75) is 52.4 Å². The number of benzene rings is 1. The molecule has 2 amide bonds. The van der Waals surface area contributed by atoms with Crippen LogP contribution in [0.25, 0.3) is 0 Å². The van der Waals surface area contributed by atoms with Gasteiger partial charge in [0.15, 0.2) is 0 Å². The molecule has 1 fully saturated rings. The summed E-state index contributed by atoms with van der Waals surface area (Å²) in [5.41, 5.74) is 3.97. The van der Waals surface area contributed by atoms with Gasteiger partial charge in [-0.15, -0.1) is 0 Å². The lowest BCUT2D eigenvalue weighted by Crippen LogP contribution is -2.49. The number of carbonyl (C=O) groups excluding carboxylic acids is 2. The number of amides is 2. The van der Waals surface area contributed by atoms with E-state index in [1.807, 2.05) is 9.80 Å². The summed E-state index contributed by atoms with van der Waals surface area (Å²) < 4.78 is 0. The van der Waals surface area contributed by atoms with E-state index in [9.17, 15) is 9.59 Å². The van der Waals surface area contributed by atoms with Crippen LogP contribution in [0.3, 0.4) is 0 Å². The zero-order valence-corrected chi connectivity index (χ0v) is 18.0. The van der Waals surface area contributed by atoms with Gasteiger partial charge in [-0.05, 0) is 56.7 Å². The molecule has 3 rings (SSSR count). The number of anilines is 1. The molecule has 2 aliphatic rings. The van der Waals surface area contributed by atoms with Gasteiger partial charge in [0.2, 0.25) is 11.8 Å². The average Bonchev–Trinajstić information content (AvgIpc) is 2.74. The van der Waals surface area contributed by atoms with Crippen LogP contribution in [-0.2, 0) is 9.59 Å². The molecule has 1 heterocycles. The lowest BCUT2D eigenvalue weighted by atomic mass is 9.97. The maximum Gasteiger partial charge on any atom is 0.224 e. The van der Waals surface area contributed by atoms with Crippen LogP contribution in [0.15, 0.2) is 35.9 Å². The van der Waals surface area contributed by atoms with E-state index in [1.54, 1.807) is 6.92 Å². The summed E-state index contributed by atoms with van der Waals surface area (Å²) in [7, 11) is 0. The maximum absolute atomic E-state index is 12.7. The van der Waals surface area contributed by atoms with E-state index in [0.717, 1.165) is 45.6 Å². The van der Waals surface area contributed by atoms with Gasteiger partial charge in [0.25, 0.3) is 0 Å². The van der Waals surface area contributed by atoms with Crippen molar-refractivity contribution >= 4 is 17.5 Å². The third-order valence-corrected chi connectivity index (χ3v) is 6.13. The molecular weight excluding hydrogens is 362 g/mol. The summed E-state index contributed by atoms with van der Waals surface area (Å²) in [6.07, 6.45) is 8.58. The van der Waals surface area contributed by atoms with Gasteiger partial charge in [-0.1, -0.05) is 23.8 Å². The molecule has 0 N–H and O–H groups in total. The van der Waals surface area contributed by atoms with Crippen LogP contribution >= 0.6 is 0 Å². The first-order valence-corrected chi connectivity index (χ1v) is 11.1. The van der Waals surface area contributed by atoms with Gasteiger partial charge in [-0.25, -0.2) is 0 Å². The van der Waals surface area contributed by atoms with Gasteiger partial charge >= 0.3 is 0 Å². The fourth-order valence-corrected chi connectivity index (χ4v) is 4.26. The van der Waals surface area contributed by atoms with Crippen LogP contribution in [0, 0.1) is 6.92 Å². The minimum absolute atomic E-state index is 0.0680. The molecule has 5 heteroatoms. The van der Waals surface area contributed by atoms with E-state index >= 15 is 0 Å². The van der Waals surface area contributed by atoms with Crippen molar-refractivity contribution in [3.05, 3.63) is 41.5 Å². The van der Waals surface area contributed by atoms with Gasteiger partial charge in [0.05, 0.1) is 0 Å². The second-order valence-electron chi connectivity index (χ2n) is 8.32. The summed E-state index contributed by atoms with van der Waals surface area (Å²) in [4.78, 5) is 30.8. The minimum atomic E-state index is 0.0680. The largest absolute Gasteiger partial charge is 0.368 e. The third kappa shape index (κ3) is 6.34. The predicted molar refractivity (Wildman–Crippen MR) is 118 cm³/mol. The Balaban J connectivity index is 1.43. The first-order chi connectivity index (χ1) is 14.0. The highest BCUT2D eigenvalue weighted by molar-refractivity contribution is 5.78. The summed E-state index contributed by atoms with van der Waals surface area (Å²) in [6.45, 7) is 8.20. The molecule has 0 radical (unpaired) electrons. The SMILES string of the molecule is CC(=O)N(CCC(=O)N1CCN(c2cccc(C)c2)CC1)CCC1=CCCCC1. The normalized spacial score (nSPS) is 17.1. The fourth-order valence-electron chi connectivity index (χ4n) is 4.26. The van der Waals surface area contributed by atoms with Crippen molar-refractivity contribution < 1.29 is 9.59 Å². The average molecular weight is 398 g/mol. The van der Waals surface area contributed by atoms with Crippen molar-refractivity contribution in [3.63, 3.8) is 0 Å². The van der Waals surface area contributed by atoms with Crippen LogP contribution in [0.2, 0.25) is 0 Å². The highest BCUT2D eigenvalue weighted by Gasteiger charge is 2.22. The number of carbonyl (C=O) groups is 2. The Labute approximate surface area is 175 Å². The number of nitrogens with zero attached hydrogens (tertiary/aromatic N) is 3. The number of rotatable bonds is 7. The van der Waals surface area contributed by atoms with Gasteiger partial charge in [0, 0.05) is 58.3 Å². The van der Waals surface area contributed by atoms with Gasteiger partial charge < -0.3 is 14.7 Å². The highest BCUT2D eigenvalue weighted by atomic mass is 16.2. The molecule has 1 aromatic carbocycles. The number of hydrogen-bond donors (Lipinski definition) is 0. The van der Waals surface area contributed by atoms with E-state index < -0.39 is 0 Å². The molecule has 158 valence electrons. The van der Waals surface area contributed by atoms with Gasteiger partial charge in [-0.2, -0.15) is 0 Å². The van der Waals surface area contributed by atoms with Crippen LogP contribution in [0.5, 0.6) is 0 Å². The van der Waals surface area contributed by atoms with E-state index in [4.69, 9.17) is 0 Å². The monoisotopic (exact) mass is 397 g/mol. The summed E-state index contributed by atoms with van der Waals surface area (Å²) in [6, 6.07) is 8.53. The van der Waals surface area contributed by atoms with Crippen LogP contribution in [-0.4, -0.2) is 60.9 Å².